The number of hydrogen-bond acceptors (Lipinski definition) is 4. The number of carbonyl (C=O) groups is 2. The first-order valence-electron chi connectivity index (χ1n) is 8.41. The van der Waals surface area contributed by atoms with Gasteiger partial charge < -0.3 is 15.7 Å². The molecule has 0 fully saturated rings. The lowest BCUT2D eigenvalue weighted by Gasteiger charge is -2.10. The highest BCUT2D eigenvalue weighted by Crippen LogP contribution is 2.24. The second kappa shape index (κ2) is 8.74. The molecule has 0 spiro atoms. The van der Waals surface area contributed by atoms with Gasteiger partial charge in [0.25, 0.3) is 11.8 Å². The van der Waals surface area contributed by atoms with Crippen molar-refractivity contribution in [2.45, 2.75) is 4.90 Å². The van der Waals surface area contributed by atoms with Crippen molar-refractivity contribution in [1.29, 1.82) is 0 Å². The number of phenolic OH excluding ortho intramolecular Hbond substituents is 1. The summed E-state index contributed by atoms with van der Waals surface area (Å²) >= 11 is 1.57. The molecule has 0 unspecified atom stereocenters. The van der Waals surface area contributed by atoms with Crippen molar-refractivity contribution >= 4 is 35.0 Å². The number of benzene rings is 3. The molecule has 0 atom stereocenters. The number of thioether (sulfide) groups is 1. The third-order valence-electron chi connectivity index (χ3n) is 3.97. The van der Waals surface area contributed by atoms with Crippen molar-refractivity contribution < 1.29 is 23.5 Å². The molecule has 29 heavy (non-hydrogen) atoms. The van der Waals surface area contributed by atoms with Crippen LogP contribution in [0.5, 0.6) is 5.75 Å². The number of carbonyl (C=O) groups excluding carboxylic acids is 2. The van der Waals surface area contributed by atoms with E-state index in [1.165, 1.54) is 18.2 Å². The first-order chi connectivity index (χ1) is 13.9. The molecule has 8 heteroatoms. The summed E-state index contributed by atoms with van der Waals surface area (Å²) in [6, 6.07) is 13.6. The van der Waals surface area contributed by atoms with Gasteiger partial charge in [-0.15, -0.1) is 11.8 Å². The van der Waals surface area contributed by atoms with Crippen LogP contribution >= 0.6 is 11.8 Å². The molecule has 0 aliphatic rings. The smallest absolute Gasteiger partial charge is 0.259 e. The van der Waals surface area contributed by atoms with Gasteiger partial charge in [0.1, 0.15) is 17.4 Å². The number of halogens is 2. The van der Waals surface area contributed by atoms with Crippen LogP contribution in [0, 0.1) is 11.6 Å². The van der Waals surface area contributed by atoms with E-state index in [2.05, 4.69) is 10.6 Å². The maximum absolute atomic E-state index is 13.2. The molecule has 0 aromatic heterocycles. The van der Waals surface area contributed by atoms with Crippen molar-refractivity contribution in [2.75, 3.05) is 16.9 Å². The zero-order valence-electron chi connectivity index (χ0n) is 15.2. The number of amides is 2. The van der Waals surface area contributed by atoms with Gasteiger partial charge in [0, 0.05) is 34.0 Å². The van der Waals surface area contributed by atoms with E-state index in [9.17, 15) is 23.5 Å². The van der Waals surface area contributed by atoms with Gasteiger partial charge in [-0.25, -0.2) is 8.78 Å². The van der Waals surface area contributed by atoms with Crippen LogP contribution in [0.15, 0.2) is 65.6 Å². The van der Waals surface area contributed by atoms with Crippen molar-refractivity contribution in [1.82, 2.24) is 0 Å². The highest BCUT2D eigenvalue weighted by molar-refractivity contribution is 7.98. The van der Waals surface area contributed by atoms with Gasteiger partial charge in [0.2, 0.25) is 0 Å². The lowest BCUT2D eigenvalue weighted by Crippen LogP contribution is -2.14. The van der Waals surface area contributed by atoms with Crippen LogP contribution in [0.4, 0.5) is 20.2 Å². The summed E-state index contributed by atoms with van der Waals surface area (Å²) < 4.78 is 26.5. The first kappa shape index (κ1) is 20.3. The molecule has 0 bridgehead atoms. The van der Waals surface area contributed by atoms with Crippen molar-refractivity contribution in [3.8, 4) is 5.75 Å². The molecule has 0 saturated carbocycles. The minimum Gasteiger partial charge on any atom is -0.507 e. The Kier molecular flexibility index (Phi) is 6.13. The number of aromatic hydroxyl groups is 1. The molecule has 3 rings (SSSR count). The van der Waals surface area contributed by atoms with E-state index in [0.717, 1.165) is 17.0 Å². The number of hydrogen-bond donors (Lipinski definition) is 3. The number of anilines is 2. The molecule has 3 N–H and O–H groups in total. The zero-order valence-corrected chi connectivity index (χ0v) is 16.0. The normalized spacial score (nSPS) is 10.4. The molecule has 0 aliphatic heterocycles. The molecule has 2 amide bonds. The van der Waals surface area contributed by atoms with Crippen LogP contribution in [0.3, 0.4) is 0 Å². The highest BCUT2D eigenvalue weighted by atomic mass is 32.2. The van der Waals surface area contributed by atoms with E-state index in [-0.39, 0.29) is 22.6 Å². The van der Waals surface area contributed by atoms with E-state index < -0.39 is 23.4 Å². The Morgan fingerprint density at radius 1 is 0.828 bits per heavy atom. The maximum atomic E-state index is 13.2. The van der Waals surface area contributed by atoms with E-state index in [1.807, 2.05) is 18.4 Å². The Bertz CT molecular complexity index is 1050. The average Bonchev–Trinajstić information content (AvgIpc) is 2.67. The van der Waals surface area contributed by atoms with Crippen LogP contribution in [0.2, 0.25) is 0 Å². The third-order valence-corrected chi connectivity index (χ3v) is 4.72. The van der Waals surface area contributed by atoms with E-state index in [1.54, 1.807) is 23.9 Å². The fourth-order valence-corrected chi connectivity index (χ4v) is 2.97. The molecule has 3 aromatic rings. The molecule has 3 aromatic carbocycles. The van der Waals surface area contributed by atoms with Gasteiger partial charge >= 0.3 is 0 Å². The van der Waals surface area contributed by atoms with Gasteiger partial charge in [-0.05, 0) is 54.8 Å². The molecule has 0 heterocycles. The summed E-state index contributed by atoms with van der Waals surface area (Å²) in [5.74, 6) is -3.39. The highest BCUT2D eigenvalue weighted by Gasteiger charge is 2.14. The minimum absolute atomic E-state index is 0.00809. The van der Waals surface area contributed by atoms with E-state index in [4.69, 9.17) is 0 Å². The molecule has 0 saturated heterocycles. The predicted molar refractivity (Wildman–Crippen MR) is 109 cm³/mol. The molecule has 5 nitrogen and oxygen atoms in total. The second-order valence-corrected chi connectivity index (χ2v) is 6.91. The Balaban J connectivity index is 1.71. The predicted octanol–water partition coefficient (Wildman–Crippen LogP) is 4.90. The number of nitrogens with one attached hydrogen (secondary N) is 2. The van der Waals surface area contributed by atoms with Gasteiger partial charge in [-0.3, -0.25) is 9.59 Å². The monoisotopic (exact) mass is 414 g/mol. The summed E-state index contributed by atoms with van der Waals surface area (Å²) in [5, 5.41) is 15.2. The van der Waals surface area contributed by atoms with Crippen molar-refractivity contribution in [3.63, 3.8) is 0 Å². The molecule has 0 radical (unpaired) electrons. The fraction of sp³-hybridized carbons (Fsp3) is 0.0476. The van der Waals surface area contributed by atoms with Crippen LogP contribution in [0.25, 0.3) is 0 Å². The second-order valence-electron chi connectivity index (χ2n) is 6.03. The molecule has 0 aliphatic carbocycles. The summed E-state index contributed by atoms with van der Waals surface area (Å²) in [5.41, 5.74) is 0.530. The Labute approximate surface area is 169 Å². The summed E-state index contributed by atoms with van der Waals surface area (Å²) in [6.45, 7) is 0. The molecular weight excluding hydrogens is 398 g/mol. The Morgan fingerprint density at radius 2 is 1.41 bits per heavy atom. The van der Waals surface area contributed by atoms with Gasteiger partial charge in [-0.1, -0.05) is 0 Å². The van der Waals surface area contributed by atoms with E-state index in [0.29, 0.717) is 11.8 Å². The lowest BCUT2D eigenvalue weighted by molar-refractivity contribution is 0.101. The lowest BCUT2D eigenvalue weighted by atomic mass is 10.1. The third kappa shape index (κ3) is 5.11. The van der Waals surface area contributed by atoms with Crippen molar-refractivity contribution in [3.05, 3.63) is 83.4 Å². The first-order valence-corrected chi connectivity index (χ1v) is 9.64. The van der Waals surface area contributed by atoms with Gasteiger partial charge in [-0.2, -0.15) is 0 Å². The van der Waals surface area contributed by atoms with Gasteiger partial charge in [0.15, 0.2) is 0 Å². The summed E-state index contributed by atoms with van der Waals surface area (Å²) in [4.78, 5) is 25.6. The quantitative estimate of drug-likeness (QED) is 0.519. The largest absolute Gasteiger partial charge is 0.507 e. The van der Waals surface area contributed by atoms with Crippen LogP contribution in [0.1, 0.15) is 20.7 Å². The summed E-state index contributed by atoms with van der Waals surface area (Å²) in [6.07, 6.45) is 1.94. The van der Waals surface area contributed by atoms with Gasteiger partial charge in [0.05, 0.1) is 5.56 Å². The Hall–Kier alpha value is -3.39. The zero-order chi connectivity index (χ0) is 21.0. The van der Waals surface area contributed by atoms with Crippen LogP contribution in [-0.2, 0) is 0 Å². The topological polar surface area (TPSA) is 78.4 Å². The Morgan fingerprint density at radius 3 is 2.00 bits per heavy atom. The van der Waals surface area contributed by atoms with E-state index >= 15 is 0 Å². The van der Waals surface area contributed by atoms with Crippen LogP contribution in [-0.4, -0.2) is 23.2 Å². The minimum atomic E-state index is -0.879. The summed E-state index contributed by atoms with van der Waals surface area (Å²) in [7, 11) is 0. The fourth-order valence-electron chi connectivity index (χ4n) is 2.56. The molecule has 148 valence electrons. The standard InChI is InChI=1S/C21H16F2N2O3S/c1-29-17-5-2-15(3-6-17)24-21(28)18-7-4-16(11-19(18)26)25-20(27)12-8-13(22)10-14(23)9-12/h2-11,26H,1H3,(H,24,28)(H,25,27). The number of phenols is 1. The maximum Gasteiger partial charge on any atom is 0.259 e. The average molecular weight is 414 g/mol. The van der Waals surface area contributed by atoms with Crippen molar-refractivity contribution in [2.24, 2.45) is 0 Å². The molecular formula is C21H16F2N2O3S. The SMILES string of the molecule is CSc1ccc(NC(=O)c2ccc(NC(=O)c3cc(F)cc(F)c3)cc2O)cc1. The number of rotatable bonds is 5. The van der Waals surface area contributed by atoms with Crippen LogP contribution < -0.4 is 10.6 Å².